The zero-order valence-electron chi connectivity index (χ0n) is 14.7. The molecule has 0 spiro atoms. The van der Waals surface area contributed by atoms with E-state index in [1.54, 1.807) is 0 Å². The van der Waals surface area contributed by atoms with Crippen LogP contribution in [0.25, 0.3) is 0 Å². The Morgan fingerprint density at radius 3 is 1.66 bits per heavy atom. The lowest BCUT2D eigenvalue weighted by Crippen LogP contribution is -2.64. The maximum Gasteiger partial charge on any atom is 0.414 e. The molecule has 10 N–H and O–H groups in total. The van der Waals surface area contributed by atoms with Crippen molar-refractivity contribution in [3.8, 4) is 0 Å². The predicted molar refractivity (Wildman–Crippen MR) is 83.9 cm³/mol. The molecule has 2 heterocycles. The number of ether oxygens (including phenoxy) is 3. The fourth-order valence-corrected chi connectivity index (χ4v) is 2.57. The summed E-state index contributed by atoms with van der Waals surface area (Å²) in [4.78, 5) is 18.2. The van der Waals surface area contributed by atoms with Crippen LogP contribution >= 0.6 is 0 Å². The van der Waals surface area contributed by atoms with Gasteiger partial charge in [-0.15, -0.1) is 0 Å². The van der Waals surface area contributed by atoms with Gasteiger partial charge in [-0.2, -0.15) is 0 Å². The van der Waals surface area contributed by atoms with Crippen molar-refractivity contribution in [1.29, 1.82) is 0 Å². The number of aliphatic carboxylic acids is 2. The number of carbonyl (C=O) groups is 2. The van der Waals surface area contributed by atoms with E-state index in [4.69, 9.17) is 39.1 Å². The van der Waals surface area contributed by atoms with E-state index in [1.165, 1.54) is 0 Å². The predicted octanol–water partition coefficient (Wildman–Crippen LogP) is -6.24. The lowest BCUT2D eigenvalue weighted by Gasteiger charge is -2.45. The first kappa shape index (κ1) is 25.5. The standard InChI is InChI=1S/C12H22O11.C2H2O4/c13-1-3-5(15)6(16)9(19)12(22-3)23-10-4(2-14)21-11(20)8(18)7(10)17;3-1(4)2(5)6/h3-20H,1-2H2;(H,3,4)(H,5,6)/t3-,4-,5-,6+,7-,8-,9-,10-,11-,12-;/m1./s1. The third kappa shape index (κ3) is 6.24. The highest BCUT2D eigenvalue weighted by Crippen LogP contribution is 2.28. The molecule has 2 fully saturated rings. The molecule has 0 radical (unpaired) electrons. The first-order chi connectivity index (χ1) is 13.5. The zero-order chi connectivity index (χ0) is 22.5. The van der Waals surface area contributed by atoms with E-state index in [1.807, 2.05) is 0 Å². The molecule has 10 atom stereocenters. The summed E-state index contributed by atoms with van der Waals surface area (Å²) in [5.41, 5.74) is 0. The molecule has 29 heavy (non-hydrogen) atoms. The Balaban J connectivity index is 0.000000612. The van der Waals surface area contributed by atoms with Crippen molar-refractivity contribution in [1.82, 2.24) is 0 Å². The van der Waals surface area contributed by atoms with Gasteiger partial charge in [-0.05, 0) is 0 Å². The van der Waals surface area contributed by atoms with Crippen molar-refractivity contribution in [3.05, 3.63) is 0 Å². The van der Waals surface area contributed by atoms with E-state index >= 15 is 0 Å². The van der Waals surface area contributed by atoms with Crippen LogP contribution < -0.4 is 0 Å². The van der Waals surface area contributed by atoms with Gasteiger partial charge in [-0.1, -0.05) is 0 Å². The summed E-state index contributed by atoms with van der Waals surface area (Å²) in [5.74, 6) is -3.65. The molecule has 2 saturated heterocycles. The third-order valence-corrected chi connectivity index (χ3v) is 4.16. The van der Waals surface area contributed by atoms with Gasteiger partial charge >= 0.3 is 11.9 Å². The second kappa shape index (κ2) is 11.0. The highest BCUT2D eigenvalue weighted by Gasteiger charge is 2.50. The van der Waals surface area contributed by atoms with Crippen molar-refractivity contribution in [2.45, 2.75) is 61.4 Å². The third-order valence-electron chi connectivity index (χ3n) is 4.16. The van der Waals surface area contributed by atoms with E-state index in [9.17, 15) is 35.7 Å². The lowest BCUT2D eigenvalue weighted by molar-refractivity contribution is -0.355. The minimum atomic E-state index is -1.82. The van der Waals surface area contributed by atoms with Gasteiger partial charge in [-0.3, -0.25) is 0 Å². The van der Waals surface area contributed by atoms with Crippen LogP contribution in [-0.2, 0) is 23.8 Å². The fourth-order valence-electron chi connectivity index (χ4n) is 2.57. The lowest BCUT2D eigenvalue weighted by atomic mass is 9.97. The quantitative estimate of drug-likeness (QED) is 0.185. The minimum Gasteiger partial charge on any atom is -0.473 e. The van der Waals surface area contributed by atoms with Crippen LogP contribution in [0.5, 0.6) is 0 Å². The van der Waals surface area contributed by atoms with E-state index in [0.29, 0.717) is 0 Å². The van der Waals surface area contributed by atoms with Gasteiger partial charge in [-0.25, -0.2) is 9.59 Å². The Labute approximate surface area is 162 Å². The summed E-state index contributed by atoms with van der Waals surface area (Å²) in [6.45, 7) is -1.35. The molecule has 0 aromatic rings. The van der Waals surface area contributed by atoms with Crippen LogP contribution in [-0.4, -0.2) is 138 Å². The monoisotopic (exact) mass is 432 g/mol. The normalized spacial score (nSPS) is 42.5. The van der Waals surface area contributed by atoms with Crippen LogP contribution in [0, 0.1) is 0 Å². The van der Waals surface area contributed by atoms with Crippen molar-refractivity contribution >= 4 is 11.9 Å². The molecule has 0 aromatic carbocycles. The molecule has 170 valence electrons. The molecule has 0 unspecified atom stereocenters. The first-order valence-electron chi connectivity index (χ1n) is 8.18. The minimum absolute atomic E-state index is 0.667. The van der Waals surface area contributed by atoms with E-state index < -0.39 is 86.6 Å². The molecule has 0 aromatic heterocycles. The molecular formula is C14H24O15. The fraction of sp³-hybridized carbons (Fsp3) is 0.857. The number of hydrogen-bond acceptors (Lipinski definition) is 13. The molecule has 2 rings (SSSR count). The molecule has 0 saturated carbocycles. The SMILES string of the molecule is O=C(O)C(=O)O.OC[C@H]1O[C@H](O[C@H]2[C@H](O)[C@@H](O)[C@H](O)O[C@@H]2CO)[C@H](O)[C@@H](O)[C@@H]1O. The van der Waals surface area contributed by atoms with Gasteiger partial charge in [0.2, 0.25) is 0 Å². The van der Waals surface area contributed by atoms with Crippen molar-refractivity contribution < 1.29 is 74.9 Å². The summed E-state index contributed by atoms with van der Waals surface area (Å²) < 4.78 is 15.3. The Bertz CT molecular complexity index is 527. The molecule has 15 heteroatoms. The Morgan fingerprint density at radius 2 is 1.21 bits per heavy atom. The molecule has 0 amide bonds. The van der Waals surface area contributed by atoms with Crippen molar-refractivity contribution in [2.24, 2.45) is 0 Å². The van der Waals surface area contributed by atoms with E-state index in [2.05, 4.69) is 0 Å². The van der Waals surface area contributed by atoms with Gasteiger partial charge in [0.25, 0.3) is 0 Å². The van der Waals surface area contributed by atoms with Gasteiger partial charge in [0.15, 0.2) is 12.6 Å². The first-order valence-corrected chi connectivity index (χ1v) is 8.18. The average Bonchev–Trinajstić information content (AvgIpc) is 2.68. The summed E-state index contributed by atoms with van der Waals surface area (Å²) in [6.07, 6.45) is -15.6. The number of hydrogen-bond donors (Lipinski definition) is 10. The average molecular weight is 432 g/mol. The topological polar surface area (TPSA) is 264 Å². The second-order valence-electron chi connectivity index (χ2n) is 6.14. The summed E-state index contributed by atoms with van der Waals surface area (Å²) in [6, 6.07) is 0. The number of aliphatic hydroxyl groups is 8. The highest BCUT2D eigenvalue weighted by molar-refractivity contribution is 6.27. The zero-order valence-corrected chi connectivity index (χ0v) is 14.7. The molecule has 2 aliphatic rings. The molecule has 2 aliphatic heterocycles. The maximum atomic E-state index is 9.94. The molecular weight excluding hydrogens is 408 g/mol. The summed E-state index contributed by atoms with van der Waals surface area (Å²) >= 11 is 0. The van der Waals surface area contributed by atoms with Gasteiger partial charge in [0.05, 0.1) is 13.2 Å². The van der Waals surface area contributed by atoms with Gasteiger partial charge in [0.1, 0.15) is 48.8 Å². The van der Waals surface area contributed by atoms with Crippen LogP contribution in [0.15, 0.2) is 0 Å². The van der Waals surface area contributed by atoms with Crippen LogP contribution in [0.4, 0.5) is 0 Å². The molecule has 0 aliphatic carbocycles. The summed E-state index contributed by atoms with van der Waals surface area (Å²) in [5, 5.41) is 91.3. The number of rotatable bonds is 4. The second-order valence-corrected chi connectivity index (χ2v) is 6.14. The largest absolute Gasteiger partial charge is 0.473 e. The van der Waals surface area contributed by atoms with Gasteiger partial charge in [0, 0.05) is 0 Å². The Kier molecular flexibility index (Phi) is 9.73. The van der Waals surface area contributed by atoms with Crippen LogP contribution in [0.2, 0.25) is 0 Å². The highest BCUT2D eigenvalue weighted by atomic mass is 16.7. The molecule has 0 bridgehead atoms. The van der Waals surface area contributed by atoms with Crippen molar-refractivity contribution in [2.75, 3.05) is 13.2 Å². The molecule has 15 nitrogen and oxygen atoms in total. The number of carboxylic acid groups (broad SMARTS) is 2. The van der Waals surface area contributed by atoms with Crippen molar-refractivity contribution in [3.63, 3.8) is 0 Å². The van der Waals surface area contributed by atoms with Crippen LogP contribution in [0.1, 0.15) is 0 Å². The number of carboxylic acids is 2. The smallest absolute Gasteiger partial charge is 0.414 e. The number of aliphatic hydroxyl groups excluding tert-OH is 8. The maximum absolute atomic E-state index is 9.94. The van der Waals surface area contributed by atoms with E-state index in [-0.39, 0.29) is 0 Å². The van der Waals surface area contributed by atoms with Gasteiger partial charge < -0.3 is 65.3 Å². The Hall–Kier alpha value is -1.50. The van der Waals surface area contributed by atoms with E-state index in [0.717, 1.165) is 0 Å². The van der Waals surface area contributed by atoms with Crippen LogP contribution in [0.3, 0.4) is 0 Å². The Morgan fingerprint density at radius 1 is 0.690 bits per heavy atom. The summed E-state index contributed by atoms with van der Waals surface area (Å²) in [7, 11) is 0.